The highest BCUT2D eigenvalue weighted by molar-refractivity contribution is 6.33. The van der Waals surface area contributed by atoms with E-state index < -0.39 is 0 Å². The van der Waals surface area contributed by atoms with Crippen LogP contribution in [-0.2, 0) is 0 Å². The van der Waals surface area contributed by atoms with E-state index in [-0.39, 0.29) is 0 Å². The minimum atomic E-state index is 0.492. The lowest BCUT2D eigenvalue weighted by atomic mass is 10.1. The van der Waals surface area contributed by atoms with Gasteiger partial charge < -0.3 is 5.32 Å². The molecule has 14 heavy (non-hydrogen) atoms. The van der Waals surface area contributed by atoms with Crippen molar-refractivity contribution in [3.05, 3.63) is 40.4 Å². The number of hydrogen-bond acceptors (Lipinski definition) is 2. The largest absolute Gasteiger partial charge is 0.316 e. The number of halogens is 1. The maximum absolute atomic E-state index is 10.5. The normalized spacial score (nSPS) is 10.7. The van der Waals surface area contributed by atoms with Gasteiger partial charge in [0.15, 0.2) is 6.29 Å². The third-order valence-electron chi connectivity index (χ3n) is 1.78. The lowest BCUT2D eigenvalue weighted by Gasteiger charge is -1.98. The summed E-state index contributed by atoms with van der Waals surface area (Å²) >= 11 is 5.86. The summed E-state index contributed by atoms with van der Waals surface area (Å²) in [5.41, 5.74) is 1.52. The number of nitrogens with one attached hydrogen (secondary N) is 1. The van der Waals surface area contributed by atoms with Crippen LogP contribution in [0.5, 0.6) is 0 Å². The van der Waals surface area contributed by atoms with Crippen LogP contribution in [0.15, 0.2) is 24.3 Å². The van der Waals surface area contributed by atoms with Gasteiger partial charge in [-0.15, -0.1) is 0 Å². The van der Waals surface area contributed by atoms with Gasteiger partial charge >= 0.3 is 0 Å². The van der Waals surface area contributed by atoms with Crippen LogP contribution in [0.3, 0.4) is 0 Å². The molecular weight excluding hydrogens is 198 g/mol. The zero-order valence-corrected chi connectivity index (χ0v) is 8.71. The maximum atomic E-state index is 10.5. The van der Waals surface area contributed by atoms with Crippen LogP contribution >= 0.6 is 11.6 Å². The standard InChI is InChI=1S/C11H12ClNO/c1-13-6-2-3-9-4-5-10(8-14)11(12)7-9/h2-5,7-8,13H,6H2,1H3. The molecule has 1 N–H and O–H groups in total. The summed E-state index contributed by atoms with van der Waals surface area (Å²) in [6.45, 7) is 0.813. The first-order valence-electron chi connectivity index (χ1n) is 4.34. The molecule has 0 unspecified atom stereocenters. The van der Waals surface area contributed by atoms with Gasteiger partial charge in [-0.05, 0) is 24.7 Å². The van der Waals surface area contributed by atoms with Crippen molar-refractivity contribution in [3.8, 4) is 0 Å². The molecule has 1 rings (SSSR count). The van der Waals surface area contributed by atoms with Gasteiger partial charge in [0, 0.05) is 12.1 Å². The first kappa shape index (κ1) is 11.0. The lowest BCUT2D eigenvalue weighted by Crippen LogP contribution is -2.03. The van der Waals surface area contributed by atoms with Crippen LogP contribution in [0.4, 0.5) is 0 Å². The van der Waals surface area contributed by atoms with Gasteiger partial charge in [0.25, 0.3) is 0 Å². The van der Waals surface area contributed by atoms with Gasteiger partial charge in [-0.2, -0.15) is 0 Å². The van der Waals surface area contributed by atoms with Gasteiger partial charge in [0.2, 0.25) is 0 Å². The Kier molecular flexibility index (Phi) is 4.36. The van der Waals surface area contributed by atoms with Gasteiger partial charge in [0.05, 0.1) is 5.02 Å². The number of carbonyl (C=O) groups excluding carboxylic acids is 1. The van der Waals surface area contributed by atoms with Crippen molar-refractivity contribution < 1.29 is 4.79 Å². The highest BCUT2D eigenvalue weighted by atomic mass is 35.5. The molecule has 0 radical (unpaired) electrons. The number of hydrogen-bond donors (Lipinski definition) is 1. The van der Waals surface area contributed by atoms with Gasteiger partial charge in [-0.3, -0.25) is 4.79 Å². The second kappa shape index (κ2) is 5.58. The molecule has 0 aliphatic carbocycles. The second-order valence-corrected chi connectivity index (χ2v) is 3.27. The van der Waals surface area contributed by atoms with Crippen molar-refractivity contribution >= 4 is 24.0 Å². The molecule has 0 amide bonds. The minimum Gasteiger partial charge on any atom is -0.316 e. The molecule has 0 fully saturated rings. The molecule has 0 bridgehead atoms. The third-order valence-corrected chi connectivity index (χ3v) is 2.11. The molecule has 0 aliphatic heterocycles. The highest BCUT2D eigenvalue weighted by Crippen LogP contribution is 2.16. The van der Waals surface area contributed by atoms with Crippen molar-refractivity contribution in [2.45, 2.75) is 0 Å². The van der Waals surface area contributed by atoms with Gasteiger partial charge in [-0.1, -0.05) is 29.8 Å². The van der Waals surface area contributed by atoms with Crippen molar-refractivity contribution in [1.29, 1.82) is 0 Å². The van der Waals surface area contributed by atoms with E-state index in [0.717, 1.165) is 18.4 Å². The molecule has 1 aromatic rings. The summed E-state index contributed by atoms with van der Waals surface area (Å²) < 4.78 is 0. The van der Waals surface area contributed by atoms with E-state index in [2.05, 4.69) is 5.32 Å². The van der Waals surface area contributed by atoms with Crippen molar-refractivity contribution in [2.75, 3.05) is 13.6 Å². The van der Waals surface area contributed by atoms with E-state index >= 15 is 0 Å². The van der Waals surface area contributed by atoms with E-state index in [4.69, 9.17) is 11.6 Å². The molecule has 0 heterocycles. The number of benzene rings is 1. The highest BCUT2D eigenvalue weighted by Gasteiger charge is 1.97. The quantitative estimate of drug-likeness (QED) is 0.772. The van der Waals surface area contributed by atoms with Crippen LogP contribution in [-0.4, -0.2) is 19.9 Å². The van der Waals surface area contributed by atoms with Gasteiger partial charge in [-0.25, -0.2) is 0 Å². The second-order valence-electron chi connectivity index (χ2n) is 2.86. The monoisotopic (exact) mass is 209 g/mol. The average Bonchev–Trinajstić information content (AvgIpc) is 2.18. The van der Waals surface area contributed by atoms with Crippen molar-refractivity contribution in [3.63, 3.8) is 0 Å². The van der Waals surface area contributed by atoms with Crippen molar-refractivity contribution in [2.24, 2.45) is 0 Å². The Balaban J connectivity index is 2.81. The molecular formula is C11H12ClNO. The van der Waals surface area contributed by atoms with Crippen molar-refractivity contribution in [1.82, 2.24) is 5.32 Å². The number of aldehydes is 1. The van der Waals surface area contributed by atoms with E-state index in [1.165, 1.54) is 0 Å². The third kappa shape index (κ3) is 2.98. The number of rotatable bonds is 4. The molecule has 3 heteroatoms. The molecule has 0 saturated heterocycles. The predicted octanol–water partition coefficient (Wildman–Crippen LogP) is 2.39. The minimum absolute atomic E-state index is 0.492. The van der Waals surface area contributed by atoms with E-state index in [1.54, 1.807) is 12.1 Å². The molecule has 0 spiro atoms. The molecule has 0 saturated carbocycles. The fourth-order valence-electron chi connectivity index (χ4n) is 1.06. The fourth-order valence-corrected chi connectivity index (χ4v) is 1.29. The molecule has 0 atom stereocenters. The SMILES string of the molecule is CNCC=Cc1ccc(C=O)c(Cl)c1. The molecule has 2 nitrogen and oxygen atoms in total. The summed E-state index contributed by atoms with van der Waals surface area (Å²) in [6.07, 6.45) is 4.70. The Morgan fingerprint density at radius 1 is 1.50 bits per heavy atom. The molecule has 0 aromatic heterocycles. The molecule has 74 valence electrons. The van der Waals surface area contributed by atoms with Crippen LogP contribution in [0.2, 0.25) is 5.02 Å². The Labute approximate surface area is 88.6 Å². The summed E-state index contributed by atoms with van der Waals surface area (Å²) in [4.78, 5) is 10.5. The predicted molar refractivity (Wildman–Crippen MR) is 59.8 cm³/mol. The Morgan fingerprint density at radius 2 is 2.29 bits per heavy atom. The Hall–Kier alpha value is -1.12. The molecule has 0 aliphatic rings. The van der Waals surface area contributed by atoms with Crippen LogP contribution in [0.25, 0.3) is 6.08 Å². The molecule has 1 aromatic carbocycles. The van der Waals surface area contributed by atoms with E-state index in [0.29, 0.717) is 10.6 Å². The summed E-state index contributed by atoms with van der Waals surface area (Å²) in [7, 11) is 1.88. The van der Waals surface area contributed by atoms with Crippen LogP contribution in [0, 0.1) is 0 Å². The Morgan fingerprint density at radius 3 is 2.86 bits per heavy atom. The zero-order valence-electron chi connectivity index (χ0n) is 7.96. The van der Waals surface area contributed by atoms with Crippen LogP contribution < -0.4 is 5.32 Å². The smallest absolute Gasteiger partial charge is 0.151 e. The first-order chi connectivity index (χ1) is 6.77. The summed E-state index contributed by atoms with van der Waals surface area (Å²) in [5.74, 6) is 0. The Bertz CT molecular complexity index is 347. The maximum Gasteiger partial charge on any atom is 0.151 e. The average molecular weight is 210 g/mol. The van der Waals surface area contributed by atoms with E-state index in [9.17, 15) is 4.79 Å². The number of carbonyl (C=O) groups is 1. The fraction of sp³-hybridized carbons (Fsp3) is 0.182. The lowest BCUT2D eigenvalue weighted by molar-refractivity contribution is 0.112. The zero-order chi connectivity index (χ0) is 10.4. The summed E-state index contributed by atoms with van der Waals surface area (Å²) in [5, 5.41) is 3.49. The topological polar surface area (TPSA) is 29.1 Å². The summed E-state index contributed by atoms with van der Waals surface area (Å²) in [6, 6.07) is 5.35. The number of likely N-dealkylation sites (N-methyl/N-ethyl adjacent to an activating group) is 1. The van der Waals surface area contributed by atoms with Gasteiger partial charge in [0.1, 0.15) is 0 Å². The van der Waals surface area contributed by atoms with E-state index in [1.807, 2.05) is 25.3 Å². The van der Waals surface area contributed by atoms with Crippen LogP contribution in [0.1, 0.15) is 15.9 Å². The first-order valence-corrected chi connectivity index (χ1v) is 4.71.